The second-order valence-corrected chi connectivity index (χ2v) is 3.02. The number of nitrogens with one attached hydrogen (secondary N) is 1. The van der Waals surface area contributed by atoms with Gasteiger partial charge in [0.25, 0.3) is 0 Å². The zero-order chi connectivity index (χ0) is 10.4. The van der Waals surface area contributed by atoms with Crippen LogP contribution in [0.1, 0.15) is 18.9 Å². The van der Waals surface area contributed by atoms with Gasteiger partial charge in [-0.3, -0.25) is 0 Å². The van der Waals surface area contributed by atoms with Gasteiger partial charge in [-0.15, -0.1) is 11.8 Å². The largest absolute Gasteiger partial charge is 0.384 e. The Morgan fingerprint density at radius 1 is 1.43 bits per heavy atom. The molecule has 0 aliphatic heterocycles. The van der Waals surface area contributed by atoms with E-state index in [9.17, 15) is 4.39 Å². The lowest BCUT2D eigenvalue weighted by Crippen LogP contribution is -2.02. The van der Waals surface area contributed by atoms with Gasteiger partial charge in [0.2, 0.25) is 0 Å². The molecule has 0 aromatic heterocycles. The molecule has 1 nitrogen and oxygen atoms in total. The number of halogens is 1. The van der Waals surface area contributed by atoms with Gasteiger partial charge in [-0.05, 0) is 26.0 Å². The third-order valence-electron chi connectivity index (χ3n) is 2.01. The number of rotatable bonds is 3. The predicted octanol–water partition coefficient (Wildman–Crippen LogP) is 2.96. The summed E-state index contributed by atoms with van der Waals surface area (Å²) in [6.45, 7) is 4.34. The summed E-state index contributed by atoms with van der Waals surface area (Å²) in [5, 5.41) is 3.15. The fourth-order valence-electron chi connectivity index (χ4n) is 1.18. The van der Waals surface area contributed by atoms with Gasteiger partial charge >= 0.3 is 0 Å². The summed E-state index contributed by atoms with van der Waals surface area (Å²) in [6.07, 6.45) is 0.784. The van der Waals surface area contributed by atoms with Crippen molar-refractivity contribution in [3.63, 3.8) is 0 Å². The van der Waals surface area contributed by atoms with Gasteiger partial charge in [-0.25, -0.2) is 4.39 Å². The number of hydrogen-bond donors (Lipinski definition) is 1. The minimum absolute atomic E-state index is 0.170. The first kappa shape index (κ1) is 10.6. The molecular weight excluding hydrogens is 177 g/mol. The van der Waals surface area contributed by atoms with Crippen molar-refractivity contribution in [2.45, 2.75) is 20.3 Å². The highest BCUT2D eigenvalue weighted by Gasteiger charge is 2.00. The molecular formula is C12H14FN. The van der Waals surface area contributed by atoms with Crippen LogP contribution in [-0.2, 0) is 0 Å². The van der Waals surface area contributed by atoms with Crippen LogP contribution in [0.5, 0.6) is 0 Å². The van der Waals surface area contributed by atoms with E-state index >= 15 is 0 Å². The summed E-state index contributed by atoms with van der Waals surface area (Å²) in [5.74, 6) is 5.59. The molecule has 0 unspecified atom stereocenters. The summed E-state index contributed by atoms with van der Waals surface area (Å²) >= 11 is 0. The van der Waals surface area contributed by atoms with Crippen molar-refractivity contribution < 1.29 is 4.39 Å². The molecule has 0 aliphatic rings. The molecule has 0 fully saturated rings. The maximum absolute atomic E-state index is 13.1. The Kier molecular flexibility index (Phi) is 4.00. The first-order valence-electron chi connectivity index (χ1n) is 4.64. The van der Waals surface area contributed by atoms with Gasteiger partial charge in [0.15, 0.2) is 0 Å². The molecule has 0 bridgehead atoms. The molecule has 0 heterocycles. The third kappa shape index (κ3) is 2.77. The average molecular weight is 191 g/mol. The van der Waals surface area contributed by atoms with E-state index in [1.807, 2.05) is 13.0 Å². The van der Waals surface area contributed by atoms with Crippen molar-refractivity contribution in [2.24, 2.45) is 0 Å². The van der Waals surface area contributed by atoms with Crippen LogP contribution >= 0.6 is 0 Å². The topological polar surface area (TPSA) is 12.0 Å². The summed E-state index contributed by atoms with van der Waals surface area (Å²) in [5.41, 5.74) is 1.51. The minimum Gasteiger partial charge on any atom is -0.384 e. The van der Waals surface area contributed by atoms with E-state index in [1.54, 1.807) is 13.0 Å². The van der Waals surface area contributed by atoms with Crippen LogP contribution < -0.4 is 5.32 Å². The van der Waals surface area contributed by atoms with Gasteiger partial charge in [-0.2, -0.15) is 0 Å². The molecule has 1 aromatic rings. The van der Waals surface area contributed by atoms with E-state index in [4.69, 9.17) is 0 Å². The molecule has 2 heteroatoms. The average Bonchev–Trinajstić information content (AvgIpc) is 2.19. The minimum atomic E-state index is -0.170. The SMILES string of the molecule is CC#CCCNc1cccc(F)c1C. The van der Waals surface area contributed by atoms with Crippen molar-refractivity contribution in [3.05, 3.63) is 29.6 Å². The fourth-order valence-corrected chi connectivity index (χ4v) is 1.18. The van der Waals surface area contributed by atoms with E-state index in [2.05, 4.69) is 17.2 Å². The van der Waals surface area contributed by atoms with Crippen LogP contribution in [0.15, 0.2) is 18.2 Å². The number of hydrogen-bond acceptors (Lipinski definition) is 1. The maximum Gasteiger partial charge on any atom is 0.128 e. The lowest BCUT2D eigenvalue weighted by atomic mass is 10.2. The zero-order valence-corrected chi connectivity index (χ0v) is 8.52. The molecule has 0 atom stereocenters. The van der Waals surface area contributed by atoms with E-state index in [0.717, 1.165) is 18.7 Å². The predicted molar refractivity (Wildman–Crippen MR) is 57.7 cm³/mol. The Bertz CT molecular complexity index is 360. The van der Waals surface area contributed by atoms with E-state index in [0.29, 0.717) is 5.56 Å². The van der Waals surface area contributed by atoms with Crippen LogP contribution in [0, 0.1) is 24.6 Å². The fraction of sp³-hybridized carbons (Fsp3) is 0.333. The van der Waals surface area contributed by atoms with Gasteiger partial charge in [0.1, 0.15) is 5.82 Å². The lowest BCUT2D eigenvalue weighted by Gasteiger charge is -2.07. The van der Waals surface area contributed by atoms with Gasteiger partial charge < -0.3 is 5.32 Å². The molecule has 0 saturated carbocycles. The van der Waals surface area contributed by atoms with Crippen LogP contribution in [0.25, 0.3) is 0 Å². The van der Waals surface area contributed by atoms with Crippen LogP contribution in [-0.4, -0.2) is 6.54 Å². The highest BCUT2D eigenvalue weighted by Crippen LogP contribution is 2.16. The summed E-state index contributed by atoms with van der Waals surface area (Å²) in [7, 11) is 0. The molecule has 0 saturated heterocycles. The Hall–Kier alpha value is -1.49. The molecule has 0 radical (unpaired) electrons. The van der Waals surface area contributed by atoms with Crippen molar-refractivity contribution in [2.75, 3.05) is 11.9 Å². The number of benzene rings is 1. The molecule has 1 aromatic carbocycles. The Morgan fingerprint density at radius 3 is 2.93 bits per heavy atom. The third-order valence-corrected chi connectivity index (χ3v) is 2.01. The molecule has 74 valence electrons. The molecule has 14 heavy (non-hydrogen) atoms. The highest BCUT2D eigenvalue weighted by atomic mass is 19.1. The second-order valence-electron chi connectivity index (χ2n) is 3.02. The molecule has 1 N–H and O–H groups in total. The summed E-state index contributed by atoms with van der Waals surface area (Å²) < 4.78 is 13.1. The summed E-state index contributed by atoms with van der Waals surface area (Å²) in [6, 6.07) is 5.04. The first-order valence-corrected chi connectivity index (χ1v) is 4.64. The second kappa shape index (κ2) is 5.29. The van der Waals surface area contributed by atoms with Crippen molar-refractivity contribution in [1.29, 1.82) is 0 Å². The van der Waals surface area contributed by atoms with E-state index in [-0.39, 0.29) is 5.82 Å². The molecule has 0 spiro atoms. The van der Waals surface area contributed by atoms with Crippen molar-refractivity contribution >= 4 is 5.69 Å². The first-order chi connectivity index (χ1) is 6.75. The van der Waals surface area contributed by atoms with Crippen LogP contribution in [0.2, 0.25) is 0 Å². The summed E-state index contributed by atoms with van der Waals surface area (Å²) in [4.78, 5) is 0. The van der Waals surface area contributed by atoms with Crippen molar-refractivity contribution in [3.8, 4) is 11.8 Å². The van der Waals surface area contributed by atoms with E-state index < -0.39 is 0 Å². The van der Waals surface area contributed by atoms with Crippen molar-refractivity contribution in [1.82, 2.24) is 0 Å². The van der Waals surface area contributed by atoms with Gasteiger partial charge in [0, 0.05) is 24.2 Å². The Labute approximate surface area is 84.3 Å². The molecule has 0 aliphatic carbocycles. The zero-order valence-electron chi connectivity index (χ0n) is 8.52. The maximum atomic E-state index is 13.1. The van der Waals surface area contributed by atoms with Crippen LogP contribution in [0.3, 0.4) is 0 Å². The Morgan fingerprint density at radius 2 is 2.21 bits per heavy atom. The number of anilines is 1. The van der Waals surface area contributed by atoms with Gasteiger partial charge in [0.05, 0.1) is 0 Å². The van der Waals surface area contributed by atoms with E-state index in [1.165, 1.54) is 6.07 Å². The Balaban J connectivity index is 2.57. The quantitative estimate of drug-likeness (QED) is 0.572. The molecule has 0 amide bonds. The van der Waals surface area contributed by atoms with Crippen LogP contribution in [0.4, 0.5) is 10.1 Å². The normalized spacial score (nSPS) is 9.07. The lowest BCUT2D eigenvalue weighted by molar-refractivity contribution is 0.619. The monoisotopic (exact) mass is 191 g/mol. The smallest absolute Gasteiger partial charge is 0.128 e. The van der Waals surface area contributed by atoms with Gasteiger partial charge in [-0.1, -0.05) is 6.07 Å². The highest BCUT2D eigenvalue weighted by molar-refractivity contribution is 5.50. The molecule has 1 rings (SSSR count). The standard InChI is InChI=1S/C12H14FN/c1-3-4-5-9-14-12-8-6-7-11(13)10(12)2/h6-8,14H,5,9H2,1-2H3.